The second-order valence-corrected chi connectivity index (χ2v) is 17.0. The van der Waals surface area contributed by atoms with E-state index in [1.807, 2.05) is 0 Å². The number of nitrogens with zero attached hydrogens (tertiary/aromatic N) is 1. The summed E-state index contributed by atoms with van der Waals surface area (Å²) in [6, 6.07) is 80.4. The Hall–Kier alpha value is -7.22. The predicted octanol–water partition coefficient (Wildman–Crippen LogP) is 15.8. The summed E-state index contributed by atoms with van der Waals surface area (Å²) in [5.41, 5.74) is 22.6. The zero-order chi connectivity index (χ0) is 40.4. The number of anilines is 3. The molecule has 2 aliphatic carbocycles. The van der Waals surface area contributed by atoms with Crippen LogP contribution in [0.5, 0.6) is 0 Å². The van der Waals surface area contributed by atoms with Gasteiger partial charge in [-0.25, -0.2) is 0 Å². The zero-order valence-electron chi connectivity index (χ0n) is 34.2. The van der Waals surface area contributed by atoms with Gasteiger partial charge in [-0.05, 0) is 133 Å². The van der Waals surface area contributed by atoms with Crippen LogP contribution in [-0.4, -0.2) is 0 Å². The Labute approximate surface area is 353 Å². The van der Waals surface area contributed by atoms with Crippen molar-refractivity contribution in [2.75, 3.05) is 4.90 Å². The third-order valence-corrected chi connectivity index (χ3v) is 13.4. The summed E-state index contributed by atoms with van der Waals surface area (Å²) in [5, 5.41) is 0. The lowest BCUT2D eigenvalue weighted by atomic mass is 9.74. The molecule has 0 aromatic heterocycles. The summed E-state index contributed by atoms with van der Waals surface area (Å²) in [7, 11) is 0. The van der Waals surface area contributed by atoms with Crippen molar-refractivity contribution in [1.29, 1.82) is 0 Å². The van der Waals surface area contributed by atoms with Crippen LogP contribution in [0.15, 0.2) is 218 Å². The maximum atomic E-state index is 2.42. The summed E-state index contributed by atoms with van der Waals surface area (Å²) in [4.78, 5) is 2.36. The summed E-state index contributed by atoms with van der Waals surface area (Å²) >= 11 is 0. The third-order valence-electron chi connectivity index (χ3n) is 13.4. The minimum absolute atomic E-state index is 0.0969. The van der Waals surface area contributed by atoms with Crippen molar-refractivity contribution in [2.24, 2.45) is 0 Å². The second-order valence-electron chi connectivity index (χ2n) is 17.0. The Morgan fingerprint density at radius 2 is 0.750 bits per heavy atom. The van der Waals surface area contributed by atoms with Crippen molar-refractivity contribution < 1.29 is 0 Å². The van der Waals surface area contributed by atoms with Gasteiger partial charge in [-0.1, -0.05) is 190 Å². The Kier molecular flexibility index (Phi) is 8.36. The largest absolute Gasteiger partial charge is 0.311 e. The first-order chi connectivity index (χ1) is 29.4. The lowest BCUT2D eigenvalue weighted by Gasteiger charge is -2.28. The lowest BCUT2D eigenvalue weighted by Crippen LogP contribution is -2.22. The molecule has 0 radical (unpaired) electrons. The molecule has 0 fully saturated rings. The maximum absolute atomic E-state index is 2.42. The highest BCUT2D eigenvalue weighted by molar-refractivity contribution is 5.93. The molecule has 0 saturated carbocycles. The van der Waals surface area contributed by atoms with E-state index in [1.54, 1.807) is 0 Å². The van der Waals surface area contributed by atoms with Crippen LogP contribution in [0, 0.1) is 0 Å². The molecule has 0 saturated heterocycles. The summed E-state index contributed by atoms with van der Waals surface area (Å²) in [6.07, 6.45) is 0. The van der Waals surface area contributed by atoms with Crippen LogP contribution in [0.25, 0.3) is 55.6 Å². The molecular formula is C59H45N. The van der Waals surface area contributed by atoms with E-state index in [1.165, 1.54) is 83.5 Å². The van der Waals surface area contributed by atoms with Crippen molar-refractivity contribution in [3.8, 4) is 55.6 Å². The molecule has 0 heterocycles. The van der Waals surface area contributed by atoms with E-state index in [4.69, 9.17) is 0 Å². The standard InChI is InChI=1S/C59H45N/c1-58(2)54-27-14-12-24-50(54)53-26-16-25-52(57(53)58)48-22-11-10-21-47(48)41-31-36-46(37-32-41)60(44-19-8-5-9-20-44)45-34-29-40(30-35-45)42-33-38-51-49-23-13-15-28-55(49)59(3,56(51)39-42)43-17-6-4-7-18-43/h4-39H,1-3H3. The van der Waals surface area contributed by atoms with Crippen LogP contribution in [0.1, 0.15) is 48.6 Å². The predicted molar refractivity (Wildman–Crippen MR) is 252 cm³/mol. The summed E-state index contributed by atoms with van der Waals surface area (Å²) in [6.45, 7) is 7.13. The van der Waals surface area contributed by atoms with Crippen LogP contribution in [0.4, 0.5) is 17.1 Å². The van der Waals surface area contributed by atoms with Crippen molar-refractivity contribution in [2.45, 2.75) is 31.6 Å². The van der Waals surface area contributed by atoms with Gasteiger partial charge < -0.3 is 4.90 Å². The molecule has 1 heteroatoms. The number of hydrogen-bond donors (Lipinski definition) is 0. The highest BCUT2D eigenvalue weighted by atomic mass is 15.1. The molecule has 0 N–H and O–H groups in total. The first-order valence-corrected chi connectivity index (χ1v) is 21.1. The third kappa shape index (κ3) is 5.53. The lowest BCUT2D eigenvalue weighted by molar-refractivity contribution is 0.662. The molecule has 0 amide bonds. The van der Waals surface area contributed by atoms with E-state index in [0.29, 0.717) is 0 Å². The number of fused-ring (bicyclic) bond motifs is 6. The molecule has 1 atom stereocenters. The van der Waals surface area contributed by atoms with Gasteiger partial charge in [-0.15, -0.1) is 0 Å². The SMILES string of the molecule is CC1(C)c2ccccc2-c2cccc(-c3ccccc3-c3ccc(N(c4ccccc4)c4ccc(-c5ccc6c(c5)C(C)(c5ccccc5)c5ccccc5-6)cc4)cc3)c21. The van der Waals surface area contributed by atoms with Crippen LogP contribution in [-0.2, 0) is 10.8 Å². The Morgan fingerprint density at radius 3 is 1.42 bits per heavy atom. The van der Waals surface area contributed by atoms with Gasteiger partial charge in [0, 0.05) is 27.9 Å². The Morgan fingerprint density at radius 1 is 0.300 bits per heavy atom. The Balaban J connectivity index is 0.946. The normalized spacial score (nSPS) is 15.4. The average Bonchev–Trinajstić information content (AvgIpc) is 3.71. The summed E-state index contributed by atoms with van der Waals surface area (Å²) in [5.74, 6) is 0. The van der Waals surface area contributed by atoms with Crippen molar-refractivity contribution in [3.63, 3.8) is 0 Å². The Bertz CT molecular complexity index is 3050. The van der Waals surface area contributed by atoms with Crippen LogP contribution in [0.2, 0.25) is 0 Å². The topological polar surface area (TPSA) is 3.24 Å². The summed E-state index contributed by atoms with van der Waals surface area (Å²) < 4.78 is 0. The molecular weight excluding hydrogens is 723 g/mol. The maximum Gasteiger partial charge on any atom is 0.0462 e. The van der Waals surface area contributed by atoms with Gasteiger partial charge in [0.25, 0.3) is 0 Å². The molecule has 11 rings (SSSR count). The molecule has 286 valence electrons. The fourth-order valence-electron chi connectivity index (χ4n) is 10.4. The van der Waals surface area contributed by atoms with Gasteiger partial charge in [0.2, 0.25) is 0 Å². The van der Waals surface area contributed by atoms with Crippen LogP contribution < -0.4 is 4.90 Å². The molecule has 9 aromatic carbocycles. The van der Waals surface area contributed by atoms with Gasteiger partial charge in [-0.2, -0.15) is 0 Å². The molecule has 60 heavy (non-hydrogen) atoms. The molecule has 2 aliphatic rings. The van der Waals surface area contributed by atoms with Crippen molar-refractivity contribution in [3.05, 3.63) is 246 Å². The van der Waals surface area contributed by atoms with Gasteiger partial charge in [-0.3, -0.25) is 0 Å². The van der Waals surface area contributed by atoms with Crippen LogP contribution >= 0.6 is 0 Å². The number of hydrogen-bond acceptors (Lipinski definition) is 1. The fraction of sp³-hybridized carbons (Fsp3) is 0.0847. The van der Waals surface area contributed by atoms with Gasteiger partial charge in [0.15, 0.2) is 0 Å². The molecule has 0 bridgehead atoms. The van der Waals surface area contributed by atoms with Crippen molar-refractivity contribution in [1.82, 2.24) is 0 Å². The minimum Gasteiger partial charge on any atom is -0.311 e. The first-order valence-electron chi connectivity index (χ1n) is 21.1. The molecule has 0 spiro atoms. The molecule has 0 aliphatic heterocycles. The smallest absolute Gasteiger partial charge is 0.0462 e. The van der Waals surface area contributed by atoms with E-state index < -0.39 is 0 Å². The number of para-hydroxylation sites is 1. The highest BCUT2D eigenvalue weighted by Gasteiger charge is 2.41. The van der Waals surface area contributed by atoms with E-state index >= 15 is 0 Å². The van der Waals surface area contributed by atoms with Crippen LogP contribution in [0.3, 0.4) is 0 Å². The van der Waals surface area contributed by atoms with Gasteiger partial charge in [0.1, 0.15) is 0 Å². The fourth-order valence-corrected chi connectivity index (χ4v) is 10.4. The quantitative estimate of drug-likeness (QED) is 0.156. The number of benzene rings is 9. The van der Waals surface area contributed by atoms with E-state index in [0.717, 1.165) is 17.1 Å². The van der Waals surface area contributed by atoms with Gasteiger partial charge in [0.05, 0.1) is 0 Å². The second kappa shape index (κ2) is 14.0. The van der Waals surface area contributed by atoms with E-state index in [2.05, 4.69) is 244 Å². The van der Waals surface area contributed by atoms with Crippen molar-refractivity contribution >= 4 is 17.1 Å². The monoisotopic (exact) mass is 767 g/mol. The van der Waals surface area contributed by atoms with Gasteiger partial charge >= 0.3 is 0 Å². The van der Waals surface area contributed by atoms with E-state index in [9.17, 15) is 0 Å². The number of rotatable bonds is 7. The molecule has 9 aromatic rings. The highest BCUT2D eigenvalue weighted by Crippen LogP contribution is 2.54. The zero-order valence-corrected chi connectivity index (χ0v) is 34.2. The molecule has 1 nitrogen and oxygen atoms in total. The average molecular weight is 768 g/mol. The first kappa shape index (κ1) is 35.9. The molecule has 1 unspecified atom stereocenters. The van der Waals surface area contributed by atoms with E-state index in [-0.39, 0.29) is 10.8 Å². The minimum atomic E-state index is -0.233.